The van der Waals surface area contributed by atoms with Crippen LogP contribution in [0.4, 0.5) is 0 Å². The highest BCUT2D eigenvalue weighted by atomic mass is 35.5. The standard InChI is InChI=1S/C9H17ClO2/c1-3-5-12-9-7(10)6-8(9)11-4-2/h7-9H,3-6H2,1-2H3. The van der Waals surface area contributed by atoms with Crippen LogP contribution in [-0.2, 0) is 9.47 Å². The van der Waals surface area contributed by atoms with Crippen molar-refractivity contribution >= 4 is 11.6 Å². The second-order valence-electron chi connectivity index (χ2n) is 3.08. The summed E-state index contributed by atoms with van der Waals surface area (Å²) in [6.07, 6.45) is 2.35. The topological polar surface area (TPSA) is 18.5 Å². The highest BCUT2D eigenvalue weighted by Crippen LogP contribution is 2.31. The van der Waals surface area contributed by atoms with E-state index in [4.69, 9.17) is 21.1 Å². The number of hydrogen-bond acceptors (Lipinski definition) is 2. The minimum absolute atomic E-state index is 0.131. The van der Waals surface area contributed by atoms with Crippen molar-refractivity contribution in [2.24, 2.45) is 0 Å². The van der Waals surface area contributed by atoms with Crippen LogP contribution in [0.1, 0.15) is 26.7 Å². The van der Waals surface area contributed by atoms with Crippen molar-refractivity contribution in [1.82, 2.24) is 0 Å². The van der Waals surface area contributed by atoms with Gasteiger partial charge in [0.05, 0.1) is 11.5 Å². The van der Waals surface area contributed by atoms with Gasteiger partial charge in [0.2, 0.25) is 0 Å². The first-order chi connectivity index (χ1) is 5.79. The SMILES string of the molecule is CCCOC1C(Cl)CC1OCC. The maximum Gasteiger partial charge on any atom is 0.100 e. The molecule has 3 heteroatoms. The molecule has 0 radical (unpaired) electrons. The van der Waals surface area contributed by atoms with Gasteiger partial charge in [-0.2, -0.15) is 0 Å². The van der Waals surface area contributed by atoms with Crippen molar-refractivity contribution in [3.05, 3.63) is 0 Å². The molecule has 0 saturated heterocycles. The lowest BCUT2D eigenvalue weighted by Gasteiger charge is -2.40. The van der Waals surface area contributed by atoms with Crippen LogP contribution in [0.15, 0.2) is 0 Å². The Bertz CT molecular complexity index is 128. The fourth-order valence-corrected chi connectivity index (χ4v) is 1.78. The van der Waals surface area contributed by atoms with Gasteiger partial charge in [-0.25, -0.2) is 0 Å². The zero-order valence-electron chi connectivity index (χ0n) is 7.75. The molecule has 0 aromatic carbocycles. The van der Waals surface area contributed by atoms with E-state index in [1.54, 1.807) is 0 Å². The van der Waals surface area contributed by atoms with Crippen LogP contribution in [0, 0.1) is 0 Å². The lowest BCUT2D eigenvalue weighted by molar-refractivity contribution is -0.121. The average Bonchev–Trinajstić information content (AvgIpc) is 2.05. The van der Waals surface area contributed by atoms with Crippen LogP contribution in [-0.4, -0.2) is 30.8 Å². The van der Waals surface area contributed by atoms with E-state index in [1.807, 2.05) is 6.92 Å². The van der Waals surface area contributed by atoms with E-state index in [0.29, 0.717) is 0 Å². The van der Waals surface area contributed by atoms with Gasteiger partial charge >= 0.3 is 0 Å². The Hall–Kier alpha value is 0.210. The zero-order valence-corrected chi connectivity index (χ0v) is 8.51. The number of rotatable bonds is 5. The molecule has 0 N–H and O–H groups in total. The van der Waals surface area contributed by atoms with Crippen molar-refractivity contribution in [2.75, 3.05) is 13.2 Å². The fraction of sp³-hybridized carbons (Fsp3) is 1.00. The second kappa shape index (κ2) is 5.05. The van der Waals surface area contributed by atoms with E-state index < -0.39 is 0 Å². The van der Waals surface area contributed by atoms with Crippen LogP contribution < -0.4 is 0 Å². The molecule has 1 aliphatic carbocycles. The Labute approximate surface area is 79.2 Å². The molecule has 0 aromatic rings. The van der Waals surface area contributed by atoms with E-state index in [0.717, 1.165) is 26.1 Å². The van der Waals surface area contributed by atoms with E-state index in [2.05, 4.69) is 6.92 Å². The van der Waals surface area contributed by atoms with Gasteiger partial charge in [0, 0.05) is 13.2 Å². The summed E-state index contributed by atoms with van der Waals surface area (Å²) in [6.45, 7) is 5.63. The highest BCUT2D eigenvalue weighted by Gasteiger charge is 2.41. The minimum atomic E-state index is 0.131. The molecular weight excluding hydrogens is 176 g/mol. The molecule has 0 amide bonds. The summed E-state index contributed by atoms with van der Waals surface area (Å²) in [5, 5.41) is 0.160. The van der Waals surface area contributed by atoms with Crippen LogP contribution in [0.2, 0.25) is 0 Å². The maximum absolute atomic E-state index is 5.98. The summed E-state index contributed by atoms with van der Waals surface area (Å²) >= 11 is 5.98. The first-order valence-electron chi connectivity index (χ1n) is 4.66. The number of ether oxygens (including phenoxy) is 2. The third kappa shape index (κ3) is 2.35. The van der Waals surface area contributed by atoms with Gasteiger partial charge in [0.25, 0.3) is 0 Å². The van der Waals surface area contributed by atoms with Gasteiger partial charge in [0.1, 0.15) is 6.10 Å². The first kappa shape index (κ1) is 10.3. The minimum Gasteiger partial charge on any atom is -0.376 e. The van der Waals surface area contributed by atoms with Crippen molar-refractivity contribution in [3.8, 4) is 0 Å². The molecule has 72 valence electrons. The Morgan fingerprint density at radius 2 is 2.08 bits per heavy atom. The maximum atomic E-state index is 5.98. The molecule has 0 spiro atoms. The smallest absolute Gasteiger partial charge is 0.100 e. The third-order valence-corrected chi connectivity index (χ3v) is 2.50. The predicted octanol–water partition coefficient (Wildman–Crippen LogP) is 2.20. The van der Waals surface area contributed by atoms with E-state index in [1.165, 1.54) is 0 Å². The molecule has 2 nitrogen and oxygen atoms in total. The van der Waals surface area contributed by atoms with Gasteiger partial charge in [-0.05, 0) is 19.8 Å². The van der Waals surface area contributed by atoms with Crippen LogP contribution in [0.3, 0.4) is 0 Å². The Morgan fingerprint density at radius 3 is 2.58 bits per heavy atom. The summed E-state index contributed by atoms with van der Waals surface area (Å²) in [5.74, 6) is 0. The van der Waals surface area contributed by atoms with Gasteiger partial charge in [-0.3, -0.25) is 0 Å². The molecule has 0 aliphatic heterocycles. The molecule has 1 fully saturated rings. The molecular formula is C9H17ClO2. The van der Waals surface area contributed by atoms with Crippen LogP contribution in [0.25, 0.3) is 0 Å². The van der Waals surface area contributed by atoms with E-state index >= 15 is 0 Å². The lowest BCUT2D eigenvalue weighted by Crippen LogP contribution is -2.51. The molecule has 1 saturated carbocycles. The summed E-state index contributed by atoms with van der Waals surface area (Å²) in [5.41, 5.74) is 0. The lowest BCUT2D eigenvalue weighted by atomic mass is 9.91. The third-order valence-electron chi connectivity index (χ3n) is 2.08. The van der Waals surface area contributed by atoms with Gasteiger partial charge in [0.15, 0.2) is 0 Å². The largest absolute Gasteiger partial charge is 0.376 e. The van der Waals surface area contributed by atoms with Crippen molar-refractivity contribution in [1.29, 1.82) is 0 Å². The number of halogens is 1. The predicted molar refractivity (Wildman–Crippen MR) is 49.7 cm³/mol. The van der Waals surface area contributed by atoms with E-state index in [9.17, 15) is 0 Å². The van der Waals surface area contributed by atoms with Crippen molar-refractivity contribution in [3.63, 3.8) is 0 Å². The van der Waals surface area contributed by atoms with E-state index in [-0.39, 0.29) is 17.6 Å². The summed E-state index contributed by atoms with van der Waals surface area (Å²) < 4.78 is 11.0. The zero-order chi connectivity index (χ0) is 8.97. The van der Waals surface area contributed by atoms with Crippen LogP contribution >= 0.6 is 11.6 Å². The van der Waals surface area contributed by atoms with Crippen LogP contribution in [0.5, 0.6) is 0 Å². The Balaban J connectivity index is 2.19. The average molecular weight is 193 g/mol. The highest BCUT2D eigenvalue weighted by molar-refractivity contribution is 6.21. The van der Waals surface area contributed by atoms with Gasteiger partial charge < -0.3 is 9.47 Å². The molecule has 0 aromatic heterocycles. The molecule has 0 bridgehead atoms. The molecule has 1 rings (SSSR count). The Kier molecular flexibility index (Phi) is 4.33. The second-order valence-corrected chi connectivity index (χ2v) is 3.64. The normalized spacial score (nSPS) is 34.8. The monoisotopic (exact) mass is 192 g/mol. The number of alkyl halides is 1. The number of hydrogen-bond donors (Lipinski definition) is 0. The fourth-order valence-electron chi connectivity index (χ4n) is 1.37. The molecule has 0 heterocycles. The summed E-state index contributed by atoms with van der Waals surface area (Å²) in [6, 6.07) is 0. The van der Waals surface area contributed by atoms with Crippen molar-refractivity contribution in [2.45, 2.75) is 44.3 Å². The van der Waals surface area contributed by atoms with Crippen molar-refractivity contribution < 1.29 is 9.47 Å². The molecule has 1 aliphatic rings. The molecule has 12 heavy (non-hydrogen) atoms. The first-order valence-corrected chi connectivity index (χ1v) is 5.10. The van der Waals surface area contributed by atoms with Gasteiger partial charge in [-0.15, -0.1) is 11.6 Å². The molecule has 3 atom stereocenters. The Morgan fingerprint density at radius 1 is 1.33 bits per heavy atom. The summed E-state index contributed by atoms with van der Waals surface area (Å²) in [4.78, 5) is 0. The quantitative estimate of drug-likeness (QED) is 0.622. The van der Waals surface area contributed by atoms with Gasteiger partial charge in [-0.1, -0.05) is 6.92 Å². The molecule has 3 unspecified atom stereocenters. The summed E-state index contributed by atoms with van der Waals surface area (Å²) in [7, 11) is 0.